The first-order valence-corrected chi connectivity index (χ1v) is 13.5. The number of sulfonamides is 1. The minimum Gasteiger partial charge on any atom is -0.352 e. The number of rotatable bonds is 10. The van der Waals surface area contributed by atoms with Crippen molar-refractivity contribution in [2.24, 2.45) is 0 Å². The largest absolute Gasteiger partial charge is 0.352 e. The van der Waals surface area contributed by atoms with Gasteiger partial charge >= 0.3 is 0 Å². The van der Waals surface area contributed by atoms with Gasteiger partial charge in [-0.05, 0) is 56.7 Å². The number of hydrogen-bond donors (Lipinski definition) is 1. The Morgan fingerprint density at radius 2 is 1.54 bits per heavy atom. The van der Waals surface area contributed by atoms with Gasteiger partial charge < -0.3 is 10.2 Å². The van der Waals surface area contributed by atoms with Crippen molar-refractivity contribution in [3.63, 3.8) is 0 Å². The summed E-state index contributed by atoms with van der Waals surface area (Å²) in [5.41, 5.74) is 0.782. The van der Waals surface area contributed by atoms with Crippen molar-refractivity contribution in [2.45, 2.75) is 44.3 Å². The van der Waals surface area contributed by atoms with E-state index < -0.39 is 34.3 Å². The van der Waals surface area contributed by atoms with Crippen LogP contribution in [-0.4, -0.2) is 43.8 Å². The Morgan fingerprint density at radius 3 is 2.11 bits per heavy atom. The first-order chi connectivity index (χ1) is 17.5. The van der Waals surface area contributed by atoms with Gasteiger partial charge in [-0.3, -0.25) is 13.9 Å². The molecule has 7 nitrogen and oxygen atoms in total. The first-order valence-electron chi connectivity index (χ1n) is 11.7. The standard InChI is InChI=1S/C27H29ClFN3O4S/c1-19(2)30-27(34)20(3)31(17-21-10-6-4-7-11-21)26(33)18-32(22-14-15-25(29)24(28)16-22)37(35,36)23-12-8-5-9-13-23/h4-16,19-20H,17-18H2,1-3H3,(H,30,34)/t20-/m1/s1. The summed E-state index contributed by atoms with van der Waals surface area (Å²) in [4.78, 5) is 27.8. The van der Waals surface area contributed by atoms with Gasteiger partial charge in [0.1, 0.15) is 18.4 Å². The Bertz CT molecular complexity index is 1340. The van der Waals surface area contributed by atoms with Crippen LogP contribution >= 0.6 is 11.6 Å². The predicted octanol–water partition coefficient (Wildman–Crippen LogP) is 4.62. The van der Waals surface area contributed by atoms with E-state index in [2.05, 4.69) is 5.32 Å². The SMILES string of the molecule is CC(C)NC(=O)[C@@H](C)N(Cc1ccccc1)C(=O)CN(c1ccc(F)c(Cl)c1)S(=O)(=O)c1ccccc1. The molecule has 0 unspecified atom stereocenters. The fraction of sp³-hybridized carbons (Fsp3) is 0.259. The molecule has 3 aromatic rings. The summed E-state index contributed by atoms with van der Waals surface area (Å²) in [7, 11) is -4.25. The lowest BCUT2D eigenvalue weighted by Gasteiger charge is -2.32. The van der Waals surface area contributed by atoms with Crippen molar-refractivity contribution in [3.05, 3.63) is 95.3 Å². The van der Waals surface area contributed by atoms with Crippen molar-refractivity contribution in [1.82, 2.24) is 10.2 Å². The van der Waals surface area contributed by atoms with E-state index in [9.17, 15) is 22.4 Å². The van der Waals surface area contributed by atoms with E-state index >= 15 is 0 Å². The molecule has 0 aliphatic carbocycles. The van der Waals surface area contributed by atoms with Crippen molar-refractivity contribution >= 4 is 39.1 Å². The molecular weight excluding hydrogens is 517 g/mol. The number of amides is 2. The molecule has 3 aromatic carbocycles. The highest BCUT2D eigenvalue weighted by Gasteiger charge is 2.32. The molecule has 2 amide bonds. The molecule has 0 aliphatic rings. The normalized spacial score (nSPS) is 12.2. The van der Waals surface area contributed by atoms with Gasteiger partial charge in [0.15, 0.2) is 0 Å². The van der Waals surface area contributed by atoms with Gasteiger partial charge in [0, 0.05) is 12.6 Å². The van der Waals surface area contributed by atoms with Crippen LogP contribution in [-0.2, 0) is 26.2 Å². The number of nitrogens with zero attached hydrogens (tertiary/aromatic N) is 2. The summed E-state index contributed by atoms with van der Waals surface area (Å²) < 4.78 is 42.0. The molecule has 10 heteroatoms. The van der Waals surface area contributed by atoms with Crippen molar-refractivity contribution in [2.75, 3.05) is 10.8 Å². The lowest BCUT2D eigenvalue weighted by Crippen LogP contribution is -2.52. The van der Waals surface area contributed by atoms with Crippen LogP contribution in [0.3, 0.4) is 0 Å². The number of hydrogen-bond acceptors (Lipinski definition) is 4. The van der Waals surface area contributed by atoms with Crippen molar-refractivity contribution in [3.8, 4) is 0 Å². The number of carbonyl (C=O) groups is 2. The summed E-state index contributed by atoms with van der Waals surface area (Å²) in [6.45, 7) is 4.64. The molecule has 1 atom stereocenters. The summed E-state index contributed by atoms with van der Waals surface area (Å²) in [6.07, 6.45) is 0. The van der Waals surface area contributed by atoms with Crippen LogP contribution in [0.5, 0.6) is 0 Å². The molecule has 0 heterocycles. The van der Waals surface area contributed by atoms with Crippen LogP contribution in [0.1, 0.15) is 26.3 Å². The third kappa shape index (κ3) is 7.08. The summed E-state index contributed by atoms with van der Waals surface area (Å²) in [6, 6.07) is 19.0. The quantitative estimate of drug-likeness (QED) is 0.403. The third-order valence-corrected chi connectivity index (χ3v) is 7.67. The molecule has 0 bridgehead atoms. The predicted molar refractivity (Wildman–Crippen MR) is 142 cm³/mol. The number of nitrogens with one attached hydrogen (secondary N) is 1. The molecule has 1 N–H and O–H groups in total. The second-order valence-corrected chi connectivity index (χ2v) is 11.0. The van der Waals surface area contributed by atoms with Gasteiger partial charge in [0.25, 0.3) is 10.0 Å². The van der Waals surface area contributed by atoms with Crippen LogP contribution in [0.15, 0.2) is 83.8 Å². The fourth-order valence-electron chi connectivity index (χ4n) is 3.66. The zero-order valence-corrected chi connectivity index (χ0v) is 22.3. The highest BCUT2D eigenvalue weighted by Crippen LogP contribution is 2.28. The lowest BCUT2D eigenvalue weighted by atomic mass is 10.1. The van der Waals surface area contributed by atoms with E-state index in [0.717, 1.165) is 22.0 Å². The van der Waals surface area contributed by atoms with E-state index in [-0.39, 0.29) is 34.1 Å². The van der Waals surface area contributed by atoms with Gasteiger partial charge in [-0.15, -0.1) is 0 Å². The zero-order valence-electron chi connectivity index (χ0n) is 20.8. The molecule has 0 fully saturated rings. The minimum atomic E-state index is -4.25. The monoisotopic (exact) mass is 545 g/mol. The van der Waals surface area contributed by atoms with Crippen LogP contribution in [0.4, 0.5) is 10.1 Å². The summed E-state index contributed by atoms with van der Waals surface area (Å²) in [5, 5.41) is 2.51. The highest BCUT2D eigenvalue weighted by molar-refractivity contribution is 7.92. The Morgan fingerprint density at radius 1 is 0.946 bits per heavy atom. The molecule has 0 saturated heterocycles. The summed E-state index contributed by atoms with van der Waals surface area (Å²) >= 11 is 5.96. The summed E-state index contributed by atoms with van der Waals surface area (Å²) in [5.74, 6) is -1.71. The molecule has 3 rings (SSSR count). The molecule has 0 aromatic heterocycles. The van der Waals surface area contributed by atoms with E-state index in [1.165, 1.54) is 23.1 Å². The smallest absolute Gasteiger partial charge is 0.264 e. The van der Waals surface area contributed by atoms with Crippen molar-refractivity contribution in [1.29, 1.82) is 0 Å². The first kappa shape index (κ1) is 28.1. The van der Waals surface area contributed by atoms with Crippen LogP contribution in [0.25, 0.3) is 0 Å². The van der Waals surface area contributed by atoms with Crippen LogP contribution < -0.4 is 9.62 Å². The second kappa shape index (κ2) is 12.2. The third-order valence-electron chi connectivity index (χ3n) is 5.60. The van der Waals surface area contributed by atoms with Crippen LogP contribution in [0, 0.1) is 5.82 Å². The average molecular weight is 546 g/mol. The Balaban J connectivity index is 2.03. The molecule has 37 heavy (non-hydrogen) atoms. The molecule has 0 spiro atoms. The van der Waals surface area contributed by atoms with E-state index in [1.54, 1.807) is 39.0 Å². The topological polar surface area (TPSA) is 86.8 Å². The lowest BCUT2D eigenvalue weighted by molar-refractivity contribution is -0.139. The maximum atomic E-state index is 13.9. The zero-order chi connectivity index (χ0) is 27.2. The second-order valence-electron chi connectivity index (χ2n) is 8.77. The molecule has 0 saturated carbocycles. The molecule has 0 radical (unpaired) electrons. The van der Waals surface area contributed by atoms with Gasteiger partial charge in [-0.25, -0.2) is 12.8 Å². The molecule has 0 aliphatic heterocycles. The highest BCUT2D eigenvalue weighted by atomic mass is 35.5. The van der Waals surface area contributed by atoms with E-state index in [0.29, 0.717) is 0 Å². The number of anilines is 1. The van der Waals surface area contributed by atoms with Gasteiger partial charge in [0.05, 0.1) is 15.6 Å². The Kier molecular flexibility index (Phi) is 9.29. The number of carbonyl (C=O) groups excluding carboxylic acids is 2. The minimum absolute atomic E-state index is 0.0162. The van der Waals surface area contributed by atoms with Gasteiger partial charge in [-0.2, -0.15) is 0 Å². The Hall–Kier alpha value is -3.43. The van der Waals surface area contributed by atoms with E-state index in [4.69, 9.17) is 11.6 Å². The van der Waals surface area contributed by atoms with Gasteiger partial charge in [-0.1, -0.05) is 60.1 Å². The Labute approximate surface area is 221 Å². The maximum Gasteiger partial charge on any atom is 0.264 e. The average Bonchev–Trinajstić information content (AvgIpc) is 2.87. The molecule has 196 valence electrons. The maximum absolute atomic E-state index is 13.9. The molecular formula is C27H29ClFN3O4S. The fourth-order valence-corrected chi connectivity index (χ4v) is 5.26. The number of benzene rings is 3. The number of halogens is 2. The van der Waals surface area contributed by atoms with Gasteiger partial charge in [0.2, 0.25) is 11.8 Å². The van der Waals surface area contributed by atoms with Crippen LogP contribution in [0.2, 0.25) is 5.02 Å². The van der Waals surface area contributed by atoms with E-state index in [1.807, 2.05) is 30.3 Å². The van der Waals surface area contributed by atoms with Crippen molar-refractivity contribution < 1.29 is 22.4 Å².